The fourth-order valence-electron chi connectivity index (χ4n) is 1.55. The van der Waals surface area contributed by atoms with E-state index in [2.05, 4.69) is 11.0 Å². The number of unbranched alkanes of at least 4 members (excludes halogenated alkanes) is 3. The maximum Gasteiger partial charge on any atom is 0.0635 e. The van der Waals surface area contributed by atoms with E-state index in [-0.39, 0.29) is 0 Å². The number of nitrogens with zero attached hydrogens (tertiary/aromatic N) is 2. The highest BCUT2D eigenvalue weighted by Gasteiger charge is 2.03. The number of hydrogen-bond donors (Lipinski definition) is 0. The van der Waals surface area contributed by atoms with Gasteiger partial charge >= 0.3 is 0 Å². The van der Waals surface area contributed by atoms with E-state index in [0.717, 1.165) is 38.5 Å². The Morgan fingerprint density at radius 2 is 1.88 bits per heavy atom. The highest BCUT2D eigenvalue weighted by molar-refractivity contribution is 6.17. The van der Waals surface area contributed by atoms with Crippen LogP contribution in [0.15, 0.2) is 0 Å². The Labute approximate surface area is 104 Å². The number of nitriles is 1. The molecule has 0 saturated heterocycles. The summed E-state index contributed by atoms with van der Waals surface area (Å²) in [6, 6.07) is 2.19. The summed E-state index contributed by atoms with van der Waals surface area (Å²) < 4.78 is 5.06. The number of halogens is 1. The van der Waals surface area contributed by atoms with Gasteiger partial charge in [-0.1, -0.05) is 12.8 Å². The standard InChI is InChI=1S/C12H23ClN2O/c1-16-12-11-15(10-6-8-14)9-5-3-2-4-7-13/h2-7,9-12H2,1H3. The minimum Gasteiger partial charge on any atom is -0.383 e. The molecule has 0 bridgehead atoms. The van der Waals surface area contributed by atoms with E-state index in [0.29, 0.717) is 6.42 Å². The van der Waals surface area contributed by atoms with Gasteiger partial charge in [-0.25, -0.2) is 0 Å². The van der Waals surface area contributed by atoms with E-state index in [1.807, 2.05) is 0 Å². The second-order valence-corrected chi connectivity index (χ2v) is 4.22. The van der Waals surface area contributed by atoms with Crippen LogP contribution in [0.25, 0.3) is 0 Å². The second kappa shape index (κ2) is 12.8. The molecule has 0 rings (SSSR count). The predicted octanol–water partition coefficient (Wildman–Crippen LogP) is 2.65. The molecular formula is C12H23ClN2O. The highest BCUT2D eigenvalue weighted by Crippen LogP contribution is 2.03. The Kier molecular flexibility index (Phi) is 12.5. The molecule has 0 amide bonds. The molecule has 0 N–H and O–H groups in total. The SMILES string of the molecule is COCCN(CCC#N)CCCCCCCl. The first-order valence-corrected chi connectivity index (χ1v) is 6.52. The molecular weight excluding hydrogens is 224 g/mol. The number of methoxy groups -OCH3 is 1. The zero-order valence-corrected chi connectivity index (χ0v) is 11.0. The Morgan fingerprint density at radius 3 is 2.50 bits per heavy atom. The fourth-order valence-corrected chi connectivity index (χ4v) is 1.74. The number of alkyl halides is 1. The largest absolute Gasteiger partial charge is 0.383 e. The first kappa shape index (κ1) is 15.7. The summed E-state index contributed by atoms with van der Waals surface area (Å²) in [5, 5.41) is 8.56. The molecule has 0 unspecified atom stereocenters. The van der Waals surface area contributed by atoms with Crippen LogP contribution >= 0.6 is 11.6 Å². The van der Waals surface area contributed by atoms with Crippen LogP contribution in [-0.4, -0.2) is 44.1 Å². The van der Waals surface area contributed by atoms with Crippen LogP contribution in [0.1, 0.15) is 32.1 Å². The minimum absolute atomic E-state index is 0.603. The molecule has 0 aromatic heterocycles. The van der Waals surface area contributed by atoms with Gasteiger partial charge in [0.15, 0.2) is 0 Å². The molecule has 0 aromatic carbocycles. The van der Waals surface area contributed by atoms with E-state index in [9.17, 15) is 0 Å². The maximum atomic E-state index is 8.56. The van der Waals surface area contributed by atoms with Gasteiger partial charge in [-0.05, 0) is 19.4 Å². The molecule has 0 aliphatic heterocycles. The van der Waals surface area contributed by atoms with E-state index in [1.165, 1.54) is 19.3 Å². The quantitative estimate of drug-likeness (QED) is 0.415. The smallest absolute Gasteiger partial charge is 0.0635 e. The molecule has 0 atom stereocenters. The van der Waals surface area contributed by atoms with E-state index >= 15 is 0 Å². The van der Waals surface area contributed by atoms with Gasteiger partial charge in [0.25, 0.3) is 0 Å². The Balaban J connectivity index is 3.53. The van der Waals surface area contributed by atoms with E-state index < -0.39 is 0 Å². The van der Waals surface area contributed by atoms with Crippen molar-refractivity contribution in [1.29, 1.82) is 5.26 Å². The van der Waals surface area contributed by atoms with Gasteiger partial charge in [0, 0.05) is 32.5 Å². The van der Waals surface area contributed by atoms with Crippen molar-refractivity contribution in [3.8, 4) is 6.07 Å². The third-order valence-electron chi connectivity index (χ3n) is 2.51. The van der Waals surface area contributed by atoms with Crippen molar-refractivity contribution in [2.24, 2.45) is 0 Å². The lowest BCUT2D eigenvalue weighted by Crippen LogP contribution is -2.29. The lowest BCUT2D eigenvalue weighted by atomic mass is 10.2. The minimum atomic E-state index is 0.603. The van der Waals surface area contributed by atoms with E-state index in [1.54, 1.807) is 7.11 Å². The van der Waals surface area contributed by atoms with Crippen LogP contribution in [0.3, 0.4) is 0 Å². The monoisotopic (exact) mass is 246 g/mol. The average molecular weight is 247 g/mol. The van der Waals surface area contributed by atoms with Gasteiger partial charge in [-0.2, -0.15) is 5.26 Å². The zero-order chi connectivity index (χ0) is 12.1. The van der Waals surface area contributed by atoms with Crippen molar-refractivity contribution >= 4 is 11.6 Å². The predicted molar refractivity (Wildman–Crippen MR) is 67.7 cm³/mol. The first-order valence-electron chi connectivity index (χ1n) is 5.99. The van der Waals surface area contributed by atoms with Gasteiger partial charge in [-0.3, -0.25) is 0 Å². The lowest BCUT2D eigenvalue weighted by Gasteiger charge is -2.20. The van der Waals surface area contributed by atoms with Crippen LogP contribution in [0.4, 0.5) is 0 Å². The van der Waals surface area contributed by atoms with Crippen molar-refractivity contribution < 1.29 is 4.74 Å². The lowest BCUT2D eigenvalue weighted by molar-refractivity contribution is 0.147. The fraction of sp³-hybridized carbons (Fsp3) is 0.917. The molecule has 0 aliphatic rings. The normalized spacial score (nSPS) is 10.6. The number of hydrogen-bond acceptors (Lipinski definition) is 3. The molecule has 0 aromatic rings. The van der Waals surface area contributed by atoms with Gasteiger partial charge in [0.2, 0.25) is 0 Å². The third kappa shape index (κ3) is 10.2. The highest BCUT2D eigenvalue weighted by atomic mass is 35.5. The van der Waals surface area contributed by atoms with Crippen LogP contribution in [-0.2, 0) is 4.74 Å². The molecule has 0 radical (unpaired) electrons. The molecule has 0 aliphatic carbocycles. The Bertz CT molecular complexity index is 182. The van der Waals surface area contributed by atoms with Crippen molar-refractivity contribution in [3.05, 3.63) is 0 Å². The van der Waals surface area contributed by atoms with Gasteiger partial charge in [0.05, 0.1) is 12.7 Å². The Morgan fingerprint density at radius 1 is 1.12 bits per heavy atom. The summed E-state index contributed by atoms with van der Waals surface area (Å²) in [7, 11) is 1.71. The molecule has 0 heterocycles. The number of ether oxygens (including phenoxy) is 1. The average Bonchev–Trinajstić information content (AvgIpc) is 2.31. The van der Waals surface area contributed by atoms with Crippen molar-refractivity contribution in [2.75, 3.05) is 39.2 Å². The summed E-state index contributed by atoms with van der Waals surface area (Å²) in [5.74, 6) is 0.766. The van der Waals surface area contributed by atoms with E-state index in [4.69, 9.17) is 21.6 Å². The summed E-state index contributed by atoms with van der Waals surface area (Å²) >= 11 is 5.62. The molecule has 3 nitrogen and oxygen atoms in total. The summed E-state index contributed by atoms with van der Waals surface area (Å²) in [4.78, 5) is 2.30. The van der Waals surface area contributed by atoms with Gasteiger partial charge < -0.3 is 9.64 Å². The van der Waals surface area contributed by atoms with Crippen LogP contribution < -0.4 is 0 Å². The van der Waals surface area contributed by atoms with Gasteiger partial charge in [0.1, 0.15) is 0 Å². The third-order valence-corrected chi connectivity index (χ3v) is 2.78. The van der Waals surface area contributed by atoms with Crippen LogP contribution in [0.5, 0.6) is 0 Å². The van der Waals surface area contributed by atoms with Crippen molar-refractivity contribution in [2.45, 2.75) is 32.1 Å². The maximum absolute atomic E-state index is 8.56. The van der Waals surface area contributed by atoms with Crippen molar-refractivity contribution in [3.63, 3.8) is 0 Å². The molecule has 0 saturated carbocycles. The molecule has 0 fully saturated rings. The van der Waals surface area contributed by atoms with Gasteiger partial charge in [-0.15, -0.1) is 11.6 Å². The zero-order valence-electron chi connectivity index (χ0n) is 10.3. The van der Waals surface area contributed by atoms with Crippen LogP contribution in [0.2, 0.25) is 0 Å². The van der Waals surface area contributed by atoms with Crippen LogP contribution in [0, 0.1) is 11.3 Å². The molecule has 16 heavy (non-hydrogen) atoms. The first-order chi connectivity index (χ1) is 7.85. The Hall–Kier alpha value is -0.300. The molecule has 4 heteroatoms. The molecule has 94 valence electrons. The second-order valence-electron chi connectivity index (χ2n) is 3.85. The summed E-state index contributed by atoms with van der Waals surface area (Å²) in [6.45, 7) is 3.59. The van der Waals surface area contributed by atoms with Crippen molar-refractivity contribution in [1.82, 2.24) is 4.90 Å². The summed E-state index contributed by atoms with van der Waals surface area (Å²) in [6.07, 6.45) is 5.33. The molecule has 0 spiro atoms. The summed E-state index contributed by atoms with van der Waals surface area (Å²) in [5.41, 5.74) is 0. The topological polar surface area (TPSA) is 36.3 Å². The number of rotatable bonds is 11.